The van der Waals surface area contributed by atoms with E-state index in [-0.39, 0.29) is 5.91 Å². The summed E-state index contributed by atoms with van der Waals surface area (Å²) >= 11 is 6.02. The molecule has 0 atom stereocenters. The molecule has 0 saturated carbocycles. The van der Waals surface area contributed by atoms with Crippen molar-refractivity contribution in [2.75, 3.05) is 5.32 Å². The monoisotopic (exact) mass is 274 g/mol. The zero-order valence-corrected chi connectivity index (χ0v) is 11.4. The van der Waals surface area contributed by atoms with E-state index >= 15 is 0 Å². The van der Waals surface area contributed by atoms with Crippen LogP contribution in [0.15, 0.2) is 42.5 Å². The largest absolute Gasteiger partial charge is 0.326 e. The quantitative estimate of drug-likeness (QED) is 0.902. The molecule has 3 N–H and O–H groups in total. The minimum atomic E-state index is -0.163. The molecular weight excluding hydrogens is 260 g/mol. The Balaban J connectivity index is 2.13. The highest BCUT2D eigenvalue weighted by Crippen LogP contribution is 2.20. The molecule has 0 saturated heterocycles. The molecule has 0 fully saturated rings. The van der Waals surface area contributed by atoms with Gasteiger partial charge < -0.3 is 11.1 Å². The number of hydrogen-bond donors (Lipinski definition) is 2. The molecule has 4 heteroatoms. The van der Waals surface area contributed by atoms with Crippen molar-refractivity contribution >= 4 is 23.2 Å². The van der Waals surface area contributed by atoms with Crippen molar-refractivity contribution in [2.24, 2.45) is 5.73 Å². The van der Waals surface area contributed by atoms with Crippen molar-refractivity contribution in [1.82, 2.24) is 0 Å². The van der Waals surface area contributed by atoms with Crippen LogP contribution < -0.4 is 11.1 Å². The van der Waals surface area contributed by atoms with Gasteiger partial charge in [-0.1, -0.05) is 29.8 Å². The minimum absolute atomic E-state index is 0.163. The third-order valence-corrected chi connectivity index (χ3v) is 3.29. The van der Waals surface area contributed by atoms with E-state index in [1.54, 1.807) is 18.2 Å². The summed E-state index contributed by atoms with van der Waals surface area (Å²) < 4.78 is 0. The second kappa shape index (κ2) is 5.87. The van der Waals surface area contributed by atoms with E-state index in [0.29, 0.717) is 22.8 Å². The minimum Gasteiger partial charge on any atom is -0.326 e. The zero-order valence-electron chi connectivity index (χ0n) is 10.6. The summed E-state index contributed by atoms with van der Waals surface area (Å²) in [6.07, 6.45) is 0. The zero-order chi connectivity index (χ0) is 13.8. The van der Waals surface area contributed by atoms with Crippen molar-refractivity contribution in [3.05, 3.63) is 64.2 Å². The fourth-order valence-electron chi connectivity index (χ4n) is 1.67. The Morgan fingerprint density at radius 1 is 1.21 bits per heavy atom. The SMILES string of the molecule is Cc1ccc(NC(=O)c2ccc(CN)cc2)cc1Cl. The Morgan fingerprint density at radius 3 is 2.47 bits per heavy atom. The molecule has 0 aliphatic heterocycles. The second-order valence-corrected chi connectivity index (χ2v) is 4.73. The molecule has 1 amide bonds. The lowest BCUT2D eigenvalue weighted by Gasteiger charge is -2.07. The molecule has 0 spiro atoms. The predicted molar refractivity (Wildman–Crippen MR) is 78.5 cm³/mol. The number of aryl methyl sites for hydroxylation is 1. The number of halogens is 1. The lowest BCUT2D eigenvalue weighted by Crippen LogP contribution is -2.12. The molecule has 0 radical (unpaired) electrons. The summed E-state index contributed by atoms with van der Waals surface area (Å²) in [7, 11) is 0. The van der Waals surface area contributed by atoms with Gasteiger partial charge in [0, 0.05) is 22.8 Å². The van der Waals surface area contributed by atoms with Crippen LogP contribution in [0.4, 0.5) is 5.69 Å². The average molecular weight is 275 g/mol. The first-order valence-corrected chi connectivity index (χ1v) is 6.34. The normalized spacial score (nSPS) is 10.3. The molecular formula is C15H15ClN2O. The molecule has 0 aliphatic rings. The van der Waals surface area contributed by atoms with E-state index < -0.39 is 0 Å². The number of carbonyl (C=O) groups excluding carboxylic acids is 1. The lowest BCUT2D eigenvalue weighted by molar-refractivity contribution is 0.102. The molecule has 0 aliphatic carbocycles. The first-order valence-electron chi connectivity index (χ1n) is 5.96. The van der Waals surface area contributed by atoms with Crippen molar-refractivity contribution < 1.29 is 4.79 Å². The summed E-state index contributed by atoms with van der Waals surface area (Å²) in [6, 6.07) is 12.6. The van der Waals surface area contributed by atoms with Crippen LogP contribution in [0, 0.1) is 6.92 Å². The highest BCUT2D eigenvalue weighted by molar-refractivity contribution is 6.31. The smallest absolute Gasteiger partial charge is 0.255 e. The van der Waals surface area contributed by atoms with Crippen LogP contribution in [0.5, 0.6) is 0 Å². The molecule has 2 aromatic carbocycles. The lowest BCUT2D eigenvalue weighted by atomic mass is 10.1. The van der Waals surface area contributed by atoms with E-state index in [2.05, 4.69) is 5.32 Å². The van der Waals surface area contributed by atoms with Crippen LogP contribution in [0.3, 0.4) is 0 Å². The van der Waals surface area contributed by atoms with Crippen molar-refractivity contribution in [1.29, 1.82) is 0 Å². The van der Waals surface area contributed by atoms with Crippen LogP contribution in [0.25, 0.3) is 0 Å². The number of benzene rings is 2. The van der Waals surface area contributed by atoms with E-state index in [0.717, 1.165) is 11.1 Å². The van der Waals surface area contributed by atoms with Gasteiger partial charge in [-0.15, -0.1) is 0 Å². The van der Waals surface area contributed by atoms with Gasteiger partial charge in [-0.3, -0.25) is 4.79 Å². The molecule has 0 unspecified atom stereocenters. The van der Waals surface area contributed by atoms with Crippen LogP contribution in [0.2, 0.25) is 5.02 Å². The van der Waals surface area contributed by atoms with Gasteiger partial charge in [0.15, 0.2) is 0 Å². The van der Waals surface area contributed by atoms with Crippen molar-refractivity contribution in [3.63, 3.8) is 0 Å². The van der Waals surface area contributed by atoms with Gasteiger partial charge in [0.05, 0.1) is 0 Å². The maximum atomic E-state index is 12.0. The number of amides is 1. The van der Waals surface area contributed by atoms with E-state index in [4.69, 9.17) is 17.3 Å². The fraction of sp³-hybridized carbons (Fsp3) is 0.133. The maximum Gasteiger partial charge on any atom is 0.255 e. The van der Waals surface area contributed by atoms with Crippen molar-refractivity contribution in [2.45, 2.75) is 13.5 Å². The second-order valence-electron chi connectivity index (χ2n) is 4.32. The van der Waals surface area contributed by atoms with Gasteiger partial charge in [0.25, 0.3) is 5.91 Å². The Labute approximate surface area is 117 Å². The summed E-state index contributed by atoms with van der Waals surface area (Å²) in [6.45, 7) is 2.38. The highest BCUT2D eigenvalue weighted by Gasteiger charge is 2.06. The van der Waals surface area contributed by atoms with Gasteiger partial charge in [-0.2, -0.15) is 0 Å². The van der Waals surface area contributed by atoms with Crippen molar-refractivity contribution in [3.8, 4) is 0 Å². The highest BCUT2D eigenvalue weighted by atomic mass is 35.5. The molecule has 3 nitrogen and oxygen atoms in total. The van der Waals surface area contributed by atoms with E-state index in [1.807, 2.05) is 31.2 Å². The van der Waals surface area contributed by atoms with Gasteiger partial charge in [0.1, 0.15) is 0 Å². The third kappa shape index (κ3) is 3.34. The number of carbonyl (C=O) groups is 1. The summed E-state index contributed by atoms with van der Waals surface area (Å²) in [5, 5.41) is 3.44. The Kier molecular flexibility index (Phi) is 4.20. The predicted octanol–water partition coefficient (Wildman–Crippen LogP) is 3.36. The standard InChI is InChI=1S/C15H15ClN2O/c1-10-2-7-13(8-14(10)16)18-15(19)12-5-3-11(9-17)4-6-12/h2-8H,9,17H2,1H3,(H,18,19). The Morgan fingerprint density at radius 2 is 1.89 bits per heavy atom. The van der Waals surface area contributed by atoms with Gasteiger partial charge >= 0.3 is 0 Å². The van der Waals surface area contributed by atoms with Gasteiger partial charge in [-0.25, -0.2) is 0 Å². The number of nitrogens with two attached hydrogens (primary N) is 1. The number of anilines is 1. The first-order chi connectivity index (χ1) is 9.10. The number of nitrogens with one attached hydrogen (secondary N) is 1. The number of hydrogen-bond acceptors (Lipinski definition) is 2. The molecule has 98 valence electrons. The third-order valence-electron chi connectivity index (χ3n) is 2.88. The van der Waals surface area contributed by atoms with Crippen LogP contribution >= 0.6 is 11.6 Å². The Hall–Kier alpha value is -1.84. The molecule has 0 aromatic heterocycles. The summed E-state index contributed by atoms with van der Waals surface area (Å²) in [5.74, 6) is -0.163. The van der Waals surface area contributed by atoms with Crippen LogP contribution in [0.1, 0.15) is 21.5 Å². The van der Waals surface area contributed by atoms with Gasteiger partial charge in [-0.05, 0) is 42.3 Å². The number of rotatable bonds is 3. The molecule has 0 heterocycles. The molecule has 2 rings (SSSR count). The first kappa shape index (κ1) is 13.6. The molecule has 0 bridgehead atoms. The maximum absolute atomic E-state index is 12.0. The van der Waals surface area contributed by atoms with E-state index in [1.165, 1.54) is 0 Å². The van der Waals surface area contributed by atoms with Crippen LogP contribution in [-0.4, -0.2) is 5.91 Å². The Bertz CT molecular complexity index is 594. The van der Waals surface area contributed by atoms with Gasteiger partial charge in [0.2, 0.25) is 0 Å². The fourth-order valence-corrected chi connectivity index (χ4v) is 1.85. The average Bonchev–Trinajstić information content (AvgIpc) is 2.43. The molecule has 2 aromatic rings. The van der Waals surface area contributed by atoms with Crippen LogP contribution in [-0.2, 0) is 6.54 Å². The summed E-state index contributed by atoms with van der Waals surface area (Å²) in [4.78, 5) is 12.0. The summed E-state index contributed by atoms with van der Waals surface area (Å²) in [5.41, 5.74) is 8.76. The molecule has 19 heavy (non-hydrogen) atoms. The van der Waals surface area contributed by atoms with E-state index in [9.17, 15) is 4.79 Å². The topological polar surface area (TPSA) is 55.1 Å².